The molecule has 0 bridgehead atoms. The minimum atomic E-state index is -0.00859. The van der Waals surface area contributed by atoms with Crippen molar-refractivity contribution in [3.05, 3.63) is 58.7 Å². The maximum absolute atomic E-state index is 10.3. The molecule has 0 unspecified atom stereocenters. The zero-order valence-corrected chi connectivity index (χ0v) is 21.4. The summed E-state index contributed by atoms with van der Waals surface area (Å²) in [6.45, 7) is 25.4. The first-order valence-electron chi connectivity index (χ1n) is 10.9. The van der Waals surface area contributed by atoms with Gasteiger partial charge in [0.1, 0.15) is 11.5 Å². The van der Waals surface area contributed by atoms with Gasteiger partial charge in [0.25, 0.3) is 0 Å². The van der Waals surface area contributed by atoms with Crippen molar-refractivity contribution in [1.29, 1.82) is 0 Å². The predicted octanol–water partition coefficient (Wildman–Crippen LogP) is 6.79. The summed E-state index contributed by atoms with van der Waals surface area (Å²) in [5.74, 6) is 0.912. The van der Waals surface area contributed by atoms with Crippen molar-refractivity contribution >= 4 is 17.4 Å². The molecule has 0 aliphatic rings. The van der Waals surface area contributed by atoms with Gasteiger partial charge in [0.05, 0.1) is 0 Å². The molecule has 0 heterocycles. The number of aromatic hydroxyl groups is 2. The summed E-state index contributed by atoms with van der Waals surface area (Å²) >= 11 is 0. The van der Waals surface area contributed by atoms with E-state index in [9.17, 15) is 10.2 Å². The number of hydrogen-bond acceptors (Lipinski definition) is 2. The first-order chi connectivity index (χ1) is 13.3. The van der Waals surface area contributed by atoms with Crippen molar-refractivity contribution < 1.29 is 10.2 Å². The van der Waals surface area contributed by atoms with E-state index >= 15 is 0 Å². The molecular weight excluding hydrogens is 395 g/mol. The molecule has 2 N–H and O–H groups in total. The summed E-state index contributed by atoms with van der Waals surface area (Å²) in [5.41, 5.74) is 4.06. The lowest BCUT2D eigenvalue weighted by molar-refractivity contribution is 0.422. The second-order valence-corrected chi connectivity index (χ2v) is 12.4. The van der Waals surface area contributed by atoms with Crippen LogP contribution in [0.4, 0.5) is 0 Å². The molecule has 0 aliphatic carbocycles. The molecule has 2 rings (SSSR count). The van der Waals surface area contributed by atoms with Gasteiger partial charge in [-0.25, -0.2) is 0 Å². The van der Waals surface area contributed by atoms with Crippen LogP contribution in [0.3, 0.4) is 0 Å². The summed E-state index contributed by atoms with van der Waals surface area (Å²) in [5, 5.41) is 20.5. The molecule has 2 aromatic carbocycles. The first-order valence-corrected chi connectivity index (χ1v) is 10.9. The molecule has 0 aromatic heterocycles. The lowest BCUT2D eigenvalue weighted by Crippen LogP contribution is -2.16. The summed E-state index contributed by atoms with van der Waals surface area (Å²) in [4.78, 5) is 0. The van der Waals surface area contributed by atoms with Gasteiger partial charge in [-0.05, 0) is 43.9 Å². The van der Waals surface area contributed by atoms with Crippen LogP contribution in [0.25, 0.3) is 0 Å². The van der Waals surface area contributed by atoms with Crippen LogP contribution in [0.1, 0.15) is 105 Å². The fourth-order valence-electron chi connectivity index (χ4n) is 3.51. The highest BCUT2D eigenvalue weighted by atomic mass is 27.0. The van der Waals surface area contributed by atoms with Crippen LogP contribution in [0.15, 0.2) is 36.4 Å². The van der Waals surface area contributed by atoms with Gasteiger partial charge in [0.2, 0.25) is 0 Å². The zero-order valence-electron chi connectivity index (χ0n) is 21.4. The second-order valence-electron chi connectivity index (χ2n) is 12.4. The quantitative estimate of drug-likeness (QED) is 0.441. The maximum Gasteiger partial charge on any atom is 0.187 e. The molecule has 0 saturated carbocycles. The normalized spacial score (nSPS) is 12.5. The molecule has 0 aliphatic heterocycles. The summed E-state index contributed by atoms with van der Waals surface area (Å²) < 4.78 is 0. The third kappa shape index (κ3) is 7.89. The van der Waals surface area contributed by atoms with E-state index in [0.29, 0.717) is 11.5 Å². The Bertz CT molecular complexity index is 717. The molecule has 2 aromatic rings. The Morgan fingerprint density at radius 3 is 0.710 bits per heavy atom. The van der Waals surface area contributed by atoms with Crippen LogP contribution in [0.5, 0.6) is 11.5 Å². The van der Waals surface area contributed by atoms with Crippen molar-refractivity contribution in [1.82, 2.24) is 0 Å². The number of benzene rings is 2. The molecular formula is C28H47AlO2. The Hall–Kier alpha value is -1.43. The monoisotopic (exact) mass is 442 g/mol. The third-order valence-electron chi connectivity index (χ3n) is 5.30. The molecule has 0 radical (unpaired) electrons. The molecule has 174 valence electrons. The average molecular weight is 443 g/mol. The van der Waals surface area contributed by atoms with Crippen molar-refractivity contribution in [2.24, 2.45) is 0 Å². The molecule has 0 fully saturated rings. The van der Waals surface area contributed by atoms with E-state index in [-0.39, 0.29) is 39.0 Å². The molecule has 2 nitrogen and oxygen atoms in total. The van der Waals surface area contributed by atoms with E-state index < -0.39 is 0 Å². The van der Waals surface area contributed by atoms with Crippen molar-refractivity contribution in [3.8, 4) is 11.5 Å². The lowest BCUT2D eigenvalue weighted by atomic mass is 9.79. The minimum Gasteiger partial charge on any atom is -0.507 e. The Balaban J connectivity index is 0.000000562. The second kappa shape index (κ2) is 10.0. The fraction of sp³-hybridized carbons (Fsp3) is 0.571. The van der Waals surface area contributed by atoms with Gasteiger partial charge in [-0.3, -0.25) is 0 Å². The van der Waals surface area contributed by atoms with E-state index in [4.69, 9.17) is 0 Å². The van der Waals surface area contributed by atoms with Crippen LogP contribution in [0.2, 0.25) is 0 Å². The Morgan fingerprint density at radius 1 is 0.419 bits per heavy atom. The van der Waals surface area contributed by atoms with Gasteiger partial charge in [-0.1, -0.05) is 119 Å². The maximum atomic E-state index is 10.3. The van der Waals surface area contributed by atoms with E-state index in [1.807, 2.05) is 36.4 Å². The van der Waals surface area contributed by atoms with Crippen LogP contribution >= 0.6 is 0 Å². The smallest absolute Gasteiger partial charge is 0.187 e. The number of hydrogen-bond donors (Lipinski definition) is 2. The Kier molecular flexibility index (Phi) is 9.55. The van der Waals surface area contributed by atoms with Gasteiger partial charge in [-0.15, -0.1) is 0 Å². The lowest BCUT2D eigenvalue weighted by Gasteiger charge is -2.26. The van der Waals surface area contributed by atoms with Gasteiger partial charge >= 0.3 is 0 Å². The van der Waals surface area contributed by atoms with Gasteiger partial charge in [0.15, 0.2) is 17.4 Å². The Labute approximate surface area is 202 Å². The number of phenolic OH excluding ortho intramolecular Hbond substituents is 2. The van der Waals surface area contributed by atoms with Crippen molar-refractivity contribution in [2.75, 3.05) is 0 Å². The SMILES string of the molecule is CC(C)(C)c1cccc(C(C)(C)C)c1O.CC(C)(C)c1cccc(C(C)(C)C)c1O.[AlH3]. The van der Waals surface area contributed by atoms with E-state index in [0.717, 1.165) is 22.3 Å². The zero-order chi connectivity index (χ0) is 23.7. The van der Waals surface area contributed by atoms with Gasteiger partial charge in [0, 0.05) is 0 Å². The molecule has 0 saturated heterocycles. The fourth-order valence-corrected chi connectivity index (χ4v) is 3.51. The Morgan fingerprint density at radius 2 is 0.581 bits per heavy atom. The van der Waals surface area contributed by atoms with Crippen LogP contribution in [-0.2, 0) is 21.7 Å². The molecule has 0 spiro atoms. The van der Waals surface area contributed by atoms with E-state index in [2.05, 4.69) is 83.1 Å². The molecule has 3 heteroatoms. The van der Waals surface area contributed by atoms with Crippen LogP contribution in [-0.4, -0.2) is 27.6 Å². The number of rotatable bonds is 0. The molecule has 0 atom stereocenters. The molecule has 0 amide bonds. The highest BCUT2D eigenvalue weighted by molar-refractivity contribution is 5.75. The first kappa shape index (κ1) is 29.6. The standard InChI is InChI=1S/2C14H22O.Al.3H/c2*1-13(2,3)10-8-7-9-11(12(10)15)14(4,5)6;;;;/h2*7-9,15H,1-6H3;;;;. The van der Waals surface area contributed by atoms with E-state index in [1.54, 1.807) is 0 Å². The highest BCUT2D eigenvalue weighted by Gasteiger charge is 2.25. The topological polar surface area (TPSA) is 40.5 Å². The van der Waals surface area contributed by atoms with Crippen LogP contribution < -0.4 is 0 Å². The van der Waals surface area contributed by atoms with Crippen molar-refractivity contribution in [2.45, 2.75) is 105 Å². The van der Waals surface area contributed by atoms with E-state index in [1.165, 1.54) is 0 Å². The average Bonchev–Trinajstić information content (AvgIpc) is 2.51. The third-order valence-corrected chi connectivity index (χ3v) is 5.30. The van der Waals surface area contributed by atoms with Gasteiger partial charge < -0.3 is 10.2 Å². The largest absolute Gasteiger partial charge is 0.507 e. The summed E-state index contributed by atoms with van der Waals surface area (Å²) in [7, 11) is 0. The highest BCUT2D eigenvalue weighted by Crippen LogP contribution is 2.39. The summed E-state index contributed by atoms with van der Waals surface area (Å²) in [6, 6.07) is 12.1. The number of phenols is 2. The minimum absolute atomic E-state index is 0. The molecule has 31 heavy (non-hydrogen) atoms. The number of para-hydroxylation sites is 2. The van der Waals surface area contributed by atoms with Crippen LogP contribution in [0, 0.1) is 0 Å². The van der Waals surface area contributed by atoms with Crippen molar-refractivity contribution in [3.63, 3.8) is 0 Å². The predicted molar refractivity (Wildman–Crippen MR) is 141 cm³/mol. The van der Waals surface area contributed by atoms with Gasteiger partial charge in [-0.2, -0.15) is 0 Å². The summed E-state index contributed by atoms with van der Waals surface area (Å²) in [6.07, 6.45) is 0.